The molecule has 0 radical (unpaired) electrons. The van der Waals surface area contributed by atoms with Crippen LogP contribution in [-0.2, 0) is 6.54 Å². The zero-order valence-corrected chi connectivity index (χ0v) is 11.8. The summed E-state index contributed by atoms with van der Waals surface area (Å²) in [4.78, 5) is 4.53. The van der Waals surface area contributed by atoms with Crippen molar-refractivity contribution in [3.63, 3.8) is 0 Å². The molecule has 2 heterocycles. The highest BCUT2D eigenvalue weighted by atomic mass is 16.5. The topological polar surface area (TPSA) is 56.7 Å². The summed E-state index contributed by atoms with van der Waals surface area (Å²) in [6, 6.07) is 10.1. The fourth-order valence-corrected chi connectivity index (χ4v) is 2.23. The summed E-state index contributed by atoms with van der Waals surface area (Å²) in [7, 11) is 0. The predicted octanol–water partition coefficient (Wildman–Crippen LogP) is 2.91. The third kappa shape index (κ3) is 2.34. The van der Waals surface area contributed by atoms with Gasteiger partial charge in [0.15, 0.2) is 11.6 Å². The highest BCUT2D eigenvalue weighted by molar-refractivity contribution is 5.60. The van der Waals surface area contributed by atoms with E-state index in [0.717, 1.165) is 28.7 Å². The zero-order chi connectivity index (χ0) is 14.1. The third-order valence-electron chi connectivity index (χ3n) is 3.15. The number of hydrogen-bond acceptors (Lipinski definition) is 4. The van der Waals surface area contributed by atoms with E-state index in [2.05, 4.69) is 34.3 Å². The minimum absolute atomic E-state index is 0.533. The summed E-state index contributed by atoms with van der Waals surface area (Å²) in [6.45, 7) is 6.40. The van der Waals surface area contributed by atoms with Crippen LogP contribution in [0.4, 0.5) is 0 Å². The molecule has 0 atom stereocenters. The van der Waals surface area contributed by atoms with Crippen molar-refractivity contribution in [2.75, 3.05) is 0 Å². The van der Waals surface area contributed by atoms with Gasteiger partial charge in [-0.2, -0.15) is 5.10 Å². The van der Waals surface area contributed by atoms with Gasteiger partial charge in [0.1, 0.15) is 12.4 Å². The van der Waals surface area contributed by atoms with Crippen molar-refractivity contribution in [2.45, 2.75) is 27.3 Å². The second-order valence-electron chi connectivity index (χ2n) is 4.89. The molecule has 3 rings (SSSR count). The van der Waals surface area contributed by atoms with Gasteiger partial charge in [-0.05, 0) is 26.3 Å². The molecule has 1 aromatic carbocycles. The van der Waals surface area contributed by atoms with Crippen LogP contribution in [0, 0.1) is 20.8 Å². The number of hydrogen-bond donors (Lipinski definition) is 0. The first-order valence-corrected chi connectivity index (χ1v) is 6.53. The first-order valence-electron chi connectivity index (χ1n) is 6.53. The van der Waals surface area contributed by atoms with Crippen LogP contribution in [0.2, 0.25) is 0 Å². The molecule has 5 nitrogen and oxygen atoms in total. The summed E-state index contributed by atoms with van der Waals surface area (Å²) in [5.41, 5.74) is 3.13. The number of aromatic nitrogens is 4. The van der Waals surface area contributed by atoms with Crippen molar-refractivity contribution in [3.05, 3.63) is 53.2 Å². The molecule has 3 aromatic rings. The van der Waals surface area contributed by atoms with Crippen LogP contribution in [0.15, 0.2) is 34.9 Å². The van der Waals surface area contributed by atoms with Crippen molar-refractivity contribution in [1.82, 2.24) is 19.9 Å². The van der Waals surface area contributed by atoms with E-state index >= 15 is 0 Å². The Morgan fingerprint density at radius 1 is 1.15 bits per heavy atom. The van der Waals surface area contributed by atoms with Crippen LogP contribution in [0.25, 0.3) is 11.4 Å². The molecule has 0 bridgehead atoms. The fraction of sp³-hybridized carbons (Fsp3) is 0.267. The zero-order valence-electron chi connectivity index (χ0n) is 11.8. The van der Waals surface area contributed by atoms with E-state index in [1.165, 1.54) is 5.56 Å². The predicted molar refractivity (Wildman–Crippen MR) is 75.3 cm³/mol. The summed E-state index contributed by atoms with van der Waals surface area (Å²) in [6.07, 6.45) is 0. The van der Waals surface area contributed by atoms with Gasteiger partial charge in [-0.1, -0.05) is 29.4 Å². The molecule has 102 valence electrons. The molecule has 0 fully saturated rings. The van der Waals surface area contributed by atoms with Crippen LogP contribution in [0.1, 0.15) is 22.8 Å². The largest absolute Gasteiger partial charge is 0.359 e. The van der Waals surface area contributed by atoms with Crippen LogP contribution in [-0.4, -0.2) is 19.9 Å². The van der Waals surface area contributed by atoms with Gasteiger partial charge >= 0.3 is 0 Å². The number of aryl methyl sites for hydroxylation is 3. The van der Waals surface area contributed by atoms with Crippen molar-refractivity contribution in [3.8, 4) is 11.4 Å². The molecule has 0 spiro atoms. The molecule has 0 saturated heterocycles. The quantitative estimate of drug-likeness (QED) is 0.733. The van der Waals surface area contributed by atoms with Gasteiger partial charge in [-0.25, -0.2) is 9.67 Å². The maximum absolute atomic E-state index is 5.26. The van der Waals surface area contributed by atoms with E-state index in [4.69, 9.17) is 4.52 Å². The van der Waals surface area contributed by atoms with Crippen LogP contribution in [0.3, 0.4) is 0 Å². The maximum Gasteiger partial charge on any atom is 0.159 e. The van der Waals surface area contributed by atoms with E-state index in [1.54, 1.807) is 0 Å². The molecular weight excluding hydrogens is 252 g/mol. The van der Waals surface area contributed by atoms with E-state index in [1.807, 2.05) is 36.7 Å². The molecule has 0 aliphatic rings. The van der Waals surface area contributed by atoms with Gasteiger partial charge in [-0.15, -0.1) is 0 Å². The molecule has 0 aliphatic heterocycles. The van der Waals surface area contributed by atoms with Crippen molar-refractivity contribution in [2.24, 2.45) is 0 Å². The lowest BCUT2D eigenvalue weighted by atomic mass is 10.1. The van der Waals surface area contributed by atoms with Gasteiger partial charge in [0.05, 0.1) is 5.69 Å². The molecule has 20 heavy (non-hydrogen) atoms. The number of benzene rings is 1. The highest BCUT2D eigenvalue weighted by Crippen LogP contribution is 2.22. The Balaban J connectivity index is 2.02. The second-order valence-corrected chi connectivity index (χ2v) is 4.89. The Hall–Kier alpha value is -2.43. The Bertz CT molecular complexity index is 742. The Kier molecular flexibility index (Phi) is 3.10. The van der Waals surface area contributed by atoms with E-state index < -0.39 is 0 Å². The van der Waals surface area contributed by atoms with Crippen LogP contribution < -0.4 is 0 Å². The van der Waals surface area contributed by atoms with Crippen LogP contribution in [0.5, 0.6) is 0 Å². The first kappa shape index (κ1) is 12.6. The minimum atomic E-state index is 0.533. The van der Waals surface area contributed by atoms with Crippen molar-refractivity contribution in [1.29, 1.82) is 0 Å². The van der Waals surface area contributed by atoms with E-state index in [9.17, 15) is 0 Å². The Morgan fingerprint density at radius 2 is 1.95 bits per heavy atom. The summed E-state index contributed by atoms with van der Waals surface area (Å²) >= 11 is 0. The smallest absolute Gasteiger partial charge is 0.159 e. The van der Waals surface area contributed by atoms with Gasteiger partial charge in [0.25, 0.3) is 0 Å². The third-order valence-corrected chi connectivity index (χ3v) is 3.15. The Labute approximate surface area is 117 Å². The van der Waals surface area contributed by atoms with E-state index in [-0.39, 0.29) is 0 Å². The lowest BCUT2D eigenvalue weighted by Gasteiger charge is -2.06. The SMILES string of the molecule is Cc1cc(Cn2nc(C)nc2-c2ccccc2C)on1. The lowest BCUT2D eigenvalue weighted by molar-refractivity contribution is 0.368. The molecule has 0 saturated carbocycles. The maximum atomic E-state index is 5.26. The monoisotopic (exact) mass is 268 g/mol. The molecule has 5 heteroatoms. The normalized spacial score (nSPS) is 10.9. The second kappa shape index (κ2) is 4.92. The molecule has 2 aromatic heterocycles. The lowest BCUT2D eigenvalue weighted by Crippen LogP contribution is -2.04. The molecule has 0 N–H and O–H groups in total. The fourth-order valence-electron chi connectivity index (χ4n) is 2.23. The number of rotatable bonds is 3. The summed E-state index contributed by atoms with van der Waals surface area (Å²) < 4.78 is 7.12. The number of nitrogens with zero attached hydrogens (tertiary/aromatic N) is 4. The van der Waals surface area contributed by atoms with Gasteiger partial charge in [0.2, 0.25) is 0 Å². The molecular formula is C15H16N4O. The summed E-state index contributed by atoms with van der Waals surface area (Å²) in [5, 5.41) is 8.35. The average molecular weight is 268 g/mol. The Morgan fingerprint density at radius 3 is 2.65 bits per heavy atom. The molecule has 0 amide bonds. The molecule has 0 unspecified atom stereocenters. The standard InChI is InChI=1S/C15H16N4O/c1-10-6-4-5-7-14(10)15-16-12(3)17-19(15)9-13-8-11(2)18-20-13/h4-8H,9H2,1-3H3. The van der Waals surface area contributed by atoms with Crippen LogP contribution >= 0.6 is 0 Å². The van der Waals surface area contributed by atoms with Gasteiger partial charge in [0, 0.05) is 11.6 Å². The summed E-state index contributed by atoms with van der Waals surface area (Å²) in [5.74, 6) is 2.39. The van der Waals surface area contributed by atoms with Gasteiger partial charge < -0.3 is 4.52 Å². The molecule has 0 aliphatic carbocycles. The van der Waals surface area contributed by atoms with E-state index in [0.29, 0.717) is 6.54 Å². The van der Waals surface area contributed by atoms with Crippen molar-refractivity contribution < 1.29 is 4.52 Å². The van der Waals surface area contributed by atoms with Gasteiger partial charge in [-0.3, -0.25) is 0 Å². The first-order chi connectivity index (χ1) is 9.63. The minimum Gasteiger partial charge on any atom is -0.359 e. The highest BCUT2D eigenvalue weighted by Gasteiger charge is 2.13. The average Bonchev–Trinajstić information content (AvgIpc) is 2.97. The van der Waals surface area contributed by atoms with Crippen molar-refractivity contribution >= 4 is 0 Å².